The minimum absolute atomic E-state index is 0.0172. The number of aliphatic hydroxyl groups excluding tert-OH is 1. The summed E-state index contributed by atoms with van der Waals surface area (Å²) in [5.74, 6) is 1.17. The molecule has 152 valence electrons. The molecule has 1 unspecified atom stereocenters. The summed E-state index contributed by atoms with van der Waals surface area (Å²) in [6.07, 6.45) is 0.375. The van der Waals surface area contributed by atoms with Gasteiger partial charge in [-0.3, -0.25) is 4.79 Å². The number of amides is 1. The van der Waals surface area contributed by atoms with Crippen LogP contribution in [-0.2, 0) is 10.2 Å². The van der Waals surface area contributed by atoms with Crippen molar-refractivity contribution in [1.29, 1.82) is 0 Å². The van der Waals surface area contributed by atoms with Crippen molar-refractivity contribution in [2.75, 3.05) is 27.8 Å². The Morgan fingerprint density at radius 3 is 2.32 bits per heavy atom. The molecule has 1 atom stereocenters. The molecule has 0 heterocycles. The lowest BCUT2D eigenvalue weighted by molar-refractivity contribution is -0.131. The molecule has 0 radical (unpaired) electrons. The van der Waals surface area contributed by atoms with Gasteiger partial charge in [-0.05, 0) is 35.1 Å². The number of methoxy groups -OCH3 is 2. The highest BCUT2D eigenvalue weighted by Crippen LogP contribution is 2.31. The van der Waals surface area contributed by atoms with Crippen molar-refractivity contribution in [3.63, 3.8) is 0 Å². The molecule has 1 amide bonds. The standard InChI is InChI=1S/C23H31NO4/c1-23(2,18-9-7-6-8-10-18)14-13-22(26)24(3)16-19(25)17-11-12-20(27-4)21(15-17)28-5/h6-12,15,19,25H,13-14,16H2,1-5H3. The van der Waals surface area contributed by atoms with Crippen LogP contribution in [0.2, 0.25) is 0 Å². The molecule has 0 fully saturated rings. The summed E-state index contributed by atoms with van der Waals surface area (Å²) in [6.45, 7) is 4.52. The molecule has 0 saturated heterocycles. The molecular formula is C23H31NO4. The maximum atomic E-state index is 12.6. The molecule has 2 aromatic carbocycles. The van der Waals surface area contributed by atoms with Gasteiger partial charge in [0.15, 0.2) is 11.5 Å². The van der Waals surface area contributed by atoms with Crippen LogP contribution in [0.3, 0.4) is 0 Å². The Kier molecular flexibility index (Phi) is 7.46. The highest BCUT2D eigenvalue weighted by atomic mass is 16.5. The second-order valence-electron chi connectivity index (χ2n) is 7.65. The molecule has 0 aromatic heterocycles. The van der Waals surface area contributed by atoms with Gasteiger partial charge in [0.2, 0.25) is 5.91 Å². The number of nitrogens with zero attached hydrogens (tertiary/aromatic N) is 1. The first-order chi connectivity index (χ1) is 13.3. The van der Waals surface area contributed by atoms with E-state index in [2.05, 4.69) is 26.0 Å². The third kappa shape index (κ3) is 5.49. The van der Waals surface area contributed by atoms with E-state index in [1.807, 2.05) is 18.2 Å². The van der Waals surface area contributed by atoms with Gasteiger partial charge in [-0.25, -0.2) is 0 Å². The van der Waals surface area contributed by atoms with Crippen molar-refractivity contribution in [3.05, 3.63) is 59.7 Å². The maximum Gasteiger partial charge on any atom is 0.222 e. The fourth-order valence-electron chi connectivity index (χ4n) is 3.17. The van der Waals surface area contributed by atoms with Gasteiger partial charge in [-0.1, -0.05) is 50.2 Å². The number of hydrogen-bond acceptors (Lipinski definition) is 4. The third-order valence-electron chi connectivity index (χ3n) is 5.18. The number of carbonyl (C=O) groups excluding carboxylic acids is 1. The number of ether oxygens (including phenoxy) is 2. The average Bonchev–Trinajstić information content (AvgIpc) is 2.71. The molecule has 5 heteroatoms. The summed E-state index contributed by atoms with van der Waals surface area (Å²) in [5.41, 5.74) is 1.82. The largest absolute Gasteiger partial charge is 0.493 e. The average molecular weight is 386 g/mol. The van der Waals surface area contributed by atoms with Crippen LogP contribution in [0, 0.1) is 0 Å². The van der Waals surface area contributed by atoms with Gasteiger partial charge in [0.1, 0.15) is 0 Å². The molecule has 2 aromatic rings. The van der Waals surface area contributed by atoms with Crippen LogP contribution in [0.4, 0.5) is 0 Å². The zero-order valence-electron chi connectivity index (χ0n) is 17.4. The minimum atomic E-state index is -0.795. The van der Waals surface area contributed by atoms with Gasteiger partial charge in [0, 0.05) is 13.5 Å². The molecule has 0 saturated carbocycles. The number of carbonyl (C=O) groups is 1. The summed E-state index contributed by atoms with van der Waals surface area (Å²) in [5, 5.41) is 10.5. The summed E-state index contributed by atoms with van der Waals surface area (Å²) in [4.78, 5) is 14.2. The lowest BCUT2D eigenvalue weighted by atomic mass is 9.80. The predicted molar refractivity (Wildman–Crippen MR) is 111 cm³/mol. The lowest BCUT2D eigenvalue weighted by Gasteiger charge is -2.27. The van der Waals surface area contributed by atoms with E-state index in [0.29, 0.717) is 23.5 Å². The van der Waals surface area contributed by atoms with E-state index in [9.17, 15) is 9.90 Å². The Morgan fingerprint density at radius 2 is 1.71 bits per heavy atom. The lowest BCUT2D eigenvalue weighted by Crippen LogP contribution is -2.32. The predicted octanol–water partition coefficient (Wildman–Crippen LogP) is 3.95. The number of benzene rings is 2. The van der Waals surface area contributed by atoms with Crippen LogP contribution < -0.4 is 9.47 Å². The monoisotopic (exact) mass is 385 g/mol. The SMILES string of the molecule is COc1ccc(C(O)CN(C)C(=O)CCC(C)(C)c2ccccc2)cc1OC. The van der Waals surface area contributed by atoms with E-state index in [1.165, 1.54) is 5.56 Å². The normalized spacial score (nSPS) is 12.4. The number of likely N-dealkylation sites (N-methyl/N-ethyl adjacent to an activating group) is 1. The molecular weight excluding hydrogens is 354 g/mol. The van der Waals surface area contributed by atoms with Gasteiger partial charge < -0.3 is 19.5 Å². The molecule has 5 nitrogen and oxygen atoms in total. The number of rotatable bonds is 9. The van der Waals surface area contributed by atoms with E-state index < -0.39 is 6.10 Å². The number of hydrogen-bond donors (Lipinski definition) is 1. The van der Waals surface area contributed by atoms with E-state index in [0.717, 1.165) is 6.42 Å². The zero-order valence-corrected chi connectivity index (χ0v) is 17.4. The third-order valence-corrected chi connectivity index (χ3v) is 5.18. The van der Waals surface area contributed by atoms with Crippen LogP contribution in [-0.4, -0.2) is 43.7 Å². The first kappa shape index (κ1) is 21.8. The molecule has 28 heavy (non-hydrogen) atoms. The summed E-state index contributed by atoms with van der Waals surface area (Å²) >= 11 is 0. The first-order valence-electron chi connectivity index (χ1n) is 9.48. The van der Waals surface area contributed by atoms with Gasteiger partial charge >= 0.3 is 0 Å². The second-order valence-corrected chi connectivity index (χ2v) is 7.65. The molecule has 0 spiro atoms. The van der Waals surface area contributed by atoms with Crippen LogP contribution >= 0.6 is 0 Å². The highest BCUT2D eigenvalue weighted by molar-refractivity contribution is 5.76. The zero-order chi connectivity index (χ0) is 20.7. The van der Waals surface area contributed by atoms with E-state index in [-0.39, 0.29) is 17.9 Å². The van der Waals surface area contributed by atoms with Crippen LogP contribution in [0.25, 0.3) is 0 Å². The fraction of sp³-hybridized carbons (Fsp3) is 0.435. The molecule has 1 N–H and O–H groups in total. The first-order valence-corrected chi connectivity index (χ1v) is 9.48. The molecule has 2 rings (SSSR count). The quantitative estimate of drug-likeness (QED) is 0.710. The molecule has 0 aliphatic heterocycles. The topological polar surface area (TPSA) is 59.0 Å². The Morgan fingerprint density at radius 1 is 1.07 bits per heavy atom. The van der Waals surface area contributed by atoms with Gasteiger partial charge in [-0.2, -0.15) is 0 Å². The van der Waals surface area contributed by atoms with Crippen molar-refractivity contribution in [2.24, 2.45) is 0 Å². The Balaban J connectivity index is 1.94. The highest BCUT2D eigenvalue weighted by Gasteiger charge is 2.23. The smallest absolute Gasteiger partial charge is 0.222 e. The fourth-order valence-corrected chi connectivity index (χ4v) is 3.17. The summed E-state index contributed by atoms with van der Waals surface area (Å²) in [7, 11) is 4.84. The van der Waals surface area contributed by atoms with Crippen molar-refractivity contribution < 1.29 is 19.4 Å². The molecule has 0 aliphatic carbocycles. The van der Waals surface area contributed by atoms with E-state index in [4.69, 9.17) is 9.47 Å². The second kappa shape index (κ2) is 9.60. The van der Waals surface area contributed by atoms with Crippen molar-refractivity contribution in [2.45, 2.75) is 38.2 Å². The van der Waals surface area contributed by atoms with Crippen molar-refractivity contribution in [3.8, 4) is 11.5 Å². The summed E-state index contributed by atoms with van der Waals surface area (Å²) < 4.78 is 10.5. The molecule has 0 aliphatic rings. The van der Waals surface area contributed by atoms with Crippen LogP contribution in [0.5, 0.6) is 11.5 Å². The van der Waals surface area contributed by atoms with Crippen molar-refractivity contribution >= 4 is 5.91 Å². The van der Waals surface area contributed by atoms with Gasteiger partial charge in [-0.15, -0.1) is 0 Å². The van der Waals surface area contributed by atoms with E-state index >= 15 is 0 Å². The maximum absolute atomic E-state index is 12.6. The Labute approximate surface area is 167 Å². The van der Waals surface area contributed by atoms with Gasteiger partial charge in [0.05, 0.1) is 26.9 Å². The van der Waals surface area contributed by atoms with Crippen LogP contribution in [0.1, 0.15) is 43.9 Å². The molecule has 0 bridgehead atoms. The van der Waals surface area contributed by atoms with Crippen molar-refractivity contribution in [1.82, 2.24) is 4.90 Å². The van der Waals surface area contributed by atoms with Gasteiger partial charge in [0.25, 0.3) is 0 Å². The number of aliphatic hydroxyl groups is 1. The van der Waals surface area contributed by atoms with Crippen LogP contribution in [0.15, 0.2) is 48.5 Å². The minimum Gasteiger partial charge on any atom is -0.493 e. The van der Waals surface area contributed by atoms with E-state index in [1.54, 1.807) is 44.4 Å². The Bertz CT molecular complexity index is 773. The summed E-state index contributed by atoms with van der Waals surface area (Å²) in [6, 6.07) is 15.5. The Hall–Kier alpha value is -2.53.